The molecule has 1 amide bonds. The van der Waals surface area contributed by atoms with Gasteiger partial charge in [0.2, 0.25) is 0 Å². The van der Waals surface area contributed by atoms with Gasteiger partial charge < -0.3 is 14.6 Å². The second-order valence-electron chi connectivity index (χ2n) is 4.75. The fourth-order valence-corrected chi connectivity index (χ4v) is 2.66. The minimum absolute atomic E-state index is 0.232. The van der Waals surface area contributed by atoms with E-state index in [2.05, 4.69) is 10.5 Å². The molecule has 22 heavy (non-hydrogen) atoms. The molecular formula is C15H16Cl2N2O3. The minimum atomic E-state index is -0.337. The van der Waals surface area contributed by atoms with Gasteiger partial charge in [0.25, 0.3) is 5.91 Å². The lowest BCUT2D eigenvalue weighted by Gasteiger charge is -2.12. The van der Waals surface area contributed by atoms with Gasteiger partial charge in [0, 0.05) is 12.1 Å². The number of ether oxygens (including phenoxy) is 1. The summed E-state index contributed by atoms with van der Waals surface area (Å²) in [7, 11) is 1.44. The normalized spacial score (nSPS) is 10.6. The molecule has 1 aromatic heterocycles. The molecule has 0 spiro atoms. The molecule has 0 aliphatic rings. The standard InChI is InChI=1S/C15H16Cl2N2O3/c1-8-10(9(2)22-19-8)6-7-18-15(20)13-11(16)4-5-12(17)14(13)21-3/h4-5H,6-7H2,1-3H3,(H,18,20). The maximum atomic E-state index is 12.3. The fourth-order valence-electron chi connectivity index (χ4n) is 2.19. The quantitative estimate of drug-likeness (QED) is 0.901. The van der Waals surface area contributed by atoms with E-state index in [0.29, 0.717) is 18.0 Å². The summed E-state index contributed by atoms with van der Waals surface area (Å²) in [5.41, 5.74) is 2.05. The second-order valence-corrected chi connectivity index (χ2v) is 5.56. The van der Waals surface area contributed by atoms with Crippen LogP contribution >= 0.6 is 23.2 Å². The van der Waals surface area contributed by atoms with E-state index < -0.39 is 0 Å². The highest BCUT2D eigenvalue weighted by atomic mass is 35.5. The van der Waals surface area contributed by atoms with Gasteiger partial charge in [-0.25, -0.2) is 0 Å². The number of nitrogens with zero attached hydrogens (tertiary/aromatic N) is 1. The van der Waals surface area contributed by atoms with E-state index in [9.17, 15) is 4.79 Å². The van der Waals surface area contributed by atoms with Crippen molar-refractivity contribution in [2.24, 2.45) is 0 Å². The van der Waals surface area contributed by atoms with Gasteiger partial charge in [-0.15, -0.1) is 0 Å². The lowest BCUT2D eigenvalue weighted by atomic mass is 10.1. The Labute approximate surface area is 138 Å². The van der Waals surface area contributed by atoms with Crippen LogP contribution in [0, 0.1) is 13.8 Å². The van der Waals surface area contributed by atoms with Gasteiger partial charge in [0.1, 0.15) is 11.3 Å². The Balaban J connectivity index is 2.09. The number of hydrogen-bond acceptors (Lipinski definition) is 4. The van der Waals surface area contributed by atoms with E-state index in [1.165, 1.54) is 7.11 Å². The first-order valence-electron chi connectivity index (χ1n) is 6.67. The Morgan fingerprint density at radius 1 is 1.32 bits per heavy atom. The molecule has 0 saturated heterocycles. The third-order valence-electron chi connectivity index (χ3n) is 3.33. The number of aromatic nitrogens is 1. The second kappa shape index (κ2) is 7.03. The van der Waals surface area contributed by atoms with Gasteiger partial charge >= 0.3 is 0 Å². The highest BCUT2D eigenvalue weighted by Gasteiger charge is 2.19. The zero-order chi connectivity index (χ0) is 16.3. The van der Waals surface area contributed by atoms with Crippen molar-refractivity contribution in [3.05, 3.63) is 44.8 Å². The van der Waals surface area contributed by atoms with E-state index in [1.54, 1.807) is 12.1 Å². The SMILES string of the molecule is COc1c(Cl)ccc(Cl)c1C(=O)NCCc1c(C)noc1C. The smallest absolute Gasteiger partial charge is 0.256 e. The van der Waals surface area contributed by atoms with E-state index in [-0.39, 0.29) is 22.2 Å². The third-order valence-corrected chi connectivity index (χ3v) is 3.94. The van der Waals surface area contributed by atoms with Crippen molar-refractivity contribution in [1.29, 1.82) is 0 Å². The van der Waals surface area contributed by atoms with Crippen LogP contribution in [-0.2, 0) is 6.42 Å². The molecular weight excluding hydrogens is 327 g/mol. The van der Waals surface area contributed by atoms with Crippen molar-refractivity contribution >= 4 is 29.1 Å². The van der Waals surface area contributed by atoms with Crippen molar-refractivity contribution in [1.82, 2.24) is 10.5 Å². The number of halogens is 2. The Kier molecular flexibility index (Phi) is 5.32. The molecule has 5 nitrogen and oxygen atoms in total. The van der Waals surface area contributed by atoms with Crippen LogP contribution in [0.2, 0.25) is 10.0 Å². The molecule has 2 rings (SSSR count). The van der Waals surface area contributed by atoms with E-state index >= 15 is 0 Å². The zero-order valence-electron chi connectivity index (χ0n) is 12.5. The van der Waals surface area contributed by atoms with Crippen molar-refractivity contribution in [2.45, 2.75) is 20.3 Å². The van der Waals surface area contributed by atoms with Crippen LogP contribution in [0.5, 0.6) is 5.75 Å². The fraction of sp³-hybridized carbons (Fsp3) is 0.333. The average Bonchev–Trinajstić information content (AvgIpc) is 2.80. The topological polar surface area (TPSA) is 64.4 Å². The molecule has 7 heteroatoms. The highest BCUT2D eigenvalue weighted by Crippen LogP contribution is 2.33. The number of carbonyl (C=O) groups excluding carboxylic acids is 1. The van der Waals surface area contributed by atoms with Crippen molar-refractivity contribution < 1.29 is 14.1 Å². The monoisotopic (exact) mass is 342 g/mol. The molecule has 0 aliphatic heterocycles. The van der Waals surface area contributed by atoms with Crippen LogP contribution in [0.3, 0.4) is 0 Å². The molecule has 0 atom stereocenters. The van der Waals surface area contributed by atoms with Crippen molar-refractivity contribution in [3.63, 3.8) is 0 Å². The van der Waals surface area contributed by atoms with Crippen LogP contribution < -0.4 is 10.1 Å². The summed E-state index contributed by atoms with van der Waals surface area (Å²) < 4.78 is 10.3. The predicted octanol–water partition coefficient (Wildman–Crippen LogP) is 3.58. The van der Waals surface area contributed by atoms with Gasteiger partial charge in [0.15, 0.2) is 5.75 Å². The first kappa shape index (κ1) is 16.6. The van der Waals surface area contributed by atoms with Crippen LogP contribution in [0.15, 0.2) is 16.7 Å². The molecule has 1 aromatic carbocycles. The molecule has 0 unspecified atom stereocenters. The highest BCUT2D eigenvalue weighted by molar-refractivity contribution is 6.37. The van der Waals surface area contributed by atoms with E-state index in [1.807, 2.05) is 13.8 Å². The summed E-state index contributed by atoms with van der Waals surface area (Å²) in [5, 5.41) is 7.31. The van der Waals surface area contributed by atoms with Gasteiger partial charge in [-0.05, 0) is 32.4 Å². The summed E-state index contributed by atoms with van der Waals surface area (Å²) in [6, 6.07) is 3.15. The lowest BCUT2D eigenvalue weighted by molar-refractivity contribution is 0.0951. The summed E-state index contributed by atoms with van der Waals surface area (Å²) in [6.07, 6.45) is 0.618. The van der Waals surface area contributed by atoms with Crippen molar-refractivity contribution in [2.75, 3.05) is 13.7 Å². The number of amides is 1. The zero-order valence-corrected chi connectivity index (χ0v) is 14.0. The molecule has 0 fully saturated rings. The number of nitrogens with one attached hydrogen (secondary N) is 1. The van der Waals surface area contributed by atoms with Gasteiger partial charge in [-0.3, -0.25) is 4.79 Å². The Hall–Kier alpha value is -1.72. The Morgan fingerprint density at radius 2 is 2.00 bits per heavy atom. The van der Waals surface area contributed by atoms with Gasteiger partial charge in [-0.2, -0.15) is 0 Å². The molecule has 1 N–H and O–H groups in total. The number of rotatable bonds is 5. The number of benzene rings is 1. The summed E-state index contributed by atoms with van der Waals surface area (Å²) in [4.78, 5) is 12.3. The summed E-state index contributed by atoms with van der Waals surface area (Å²) >= 11 is 12.1. The van der Waals surface area contributed by atoms with Gasteiger partial charge in [0.05, 0.1) is 22.8 Å². The van der Waals surface area contributed by atoms with E-state index in [0.717, 1.165) is 17.0 Å². The van der Waals surface area contributed by atoms with Crippen molar-refractivity contribution in [3.8, 4) is 5.75 Å². The van der Waals surface area contributed by atoms with Crippen LogP contribution in [0.4, 0.5) is 0 Å². The Morgan fingerprint density at radius 3 is 2.59 bits per heavy atom. The molecule has 2 aromatic rings. The largest absolute Gasteiger partial charge is 0.494 e. The molecule has 0 radical (unpaired) electrons. The summed E-state index contributed by atoms with van der Waals surface area (Å²) in [6.45, 7) is 4.13. The lowest BCUT2D eigenvalue weighted by Crippen LogP contribution is -2.26. The molecule has 0 saturated carbocycles. The molecule has 1 heterocycles. The number of hydrogen-bond donors (Lipinski definition) is 1. The predicted molar refractivity (Wildman–Crippen MR) is 85.0 cm³/mol. The number of carbonyl (C=O) groups is 1. The molecule has 0 aliphatic carbocycles. The third kappa shape index (κ3) is 3.36. The van der Waals surface area contributed by atoms with Crippen LogP contribution in [-0.4, -0.2) is 24.7 Å². The average molecular weight is 343 g/mol. The van der Waals surface area contributed by atoms with E-state index in [4.69, 9.17) is 32.5 Å². The first-order valence-corrected chi connectivity index (χ1v) is 7.43. The maximum Gasteiger partial charge on any atom is 0.256 e. The van der Waals surface area contributed by atoms with Gasteiger partial charge in [-0.1, -0.05) is 28.4 Å². The maximum absolute atomic E-state index is 12.3. The van der Waals surface area contributed by atoms with Crippen LogP contribution in [0.25, 0.3) is 0 Å². The minimum Gasteiger partial charge on any atom is -0.494 e. The first-order chi connectivity index (χ1) is 10.5. The molecule has 0 bridgehead atoms. The van der Waals surface area contributed by atoms with Crippen LogP contribution in [0.1, 0.15) is 27.4 Å². The number of methoxy groups -OCH3 is 1. The summed E-state index contributed by atoms with van der Waals surface area (Å²) in [5.74, 6) is 0.685. The molecule has 118 valence electrons. The number of aryl methyl sites for hydroxylation is 2. The Bertz CT molecular complexity index is 679.